The number of methoxy groups -OCH3 is 1. The predicted molar refractivity (Wildman–Crippen MR) is 107 cm³/mol. The number of hydrogen-bond donors (Lipinski definition) is 1. The molecule has 0 aliphatic rings. The van der Waals surface area contributed by atoms with Crippen molar-refractivity contribution in [2.24, 2.45) is 0 Å². The van der Waals surface area contributed by atoms with Crippen molar-refractivity contribution in [3.63, 3.8) is 0 Å². The highest BCUT2D eigenvalue weighted by Gasteiger charge is 2.18. The molecule has 0 spiro atoms. The van der Waals surface area contributed by atoms with Gasteiger partial charge in [0.2, 0.25) is 5.16 Å². The van der Waals surface area contributed by atoms with Gasteiger partial charge in [-0.15, -0.1) is 5.10 Å². The van der Waals surface area contributed by atoms with E-state index in [9.17, 15) is 14.0 Å². The molecule has 3 rings (SSSR count). The quantitative estimate of drug-likeness (QED) is 0.343. The number of ether oxygens (including phenoxy) is 1. The van der Waals surface area contributed by atoms with Crippen molar-refractivity contribution < 1.29 is 18.7 Å². The molecule has 1 aromatic carbocycles. The van der Waals surface area contributed by atoms with Crippen LogP contribution in [0.4, 0.5) is 4.39 Å². The van der Waals surface area contributed by atoms with E-state index in [-0.39, 0.29) is 23.9 Å². The standard InChI is InChI=1S/C20H21FN4O3S/c1-12-10-15(13(2)25(12)9-8-18(27)28-3)17(26)11-29-20-22-19(23-24-20)14-6-4-5-7-16(14)21/h4-7,10H,8-9,11H2,1-3H3,(H,22,23,24). The lowest BCUT2D eigenvalue weighted by atomic mass is 10.2. The molecule has 2 heterocycles. The van der Waals surface area contributed by atoms with E-state index in [0.717, 1.165) is 11.4 Å². The second-order valence-corrected chi connectivity index (χ2v) is 7.36. The van der Waals surface area contributed by atoms with E-state index in [0.29, 0.717) is 28.7 Å². The van der Waals surface area contributed by atoms with Gasteiger partial charge in [0.25, 0.3) is 0 Å². The number of nitrogens with zero attached hydrogens (tertiary/aromatic N) is 3. The second kappa shape index (κ2) is 9.04. The van der Waals surface area contributed by atoms with E-state index in [1.54, 1.807) is 18.2 Å². The monoisotopic (exact) mass is 416 g/mol. The first-order valence-corrected chi connectivity index (χ1v) is 9.96. The highest BCUT2D eigenvalue weighted by atomic mass is 32.2. The van der Waals surface area contributed by atoms with Gasteiger partial charge < -0.3 is 9.30 Å². The van der Waals surface area contributed by atoms with Crippen LogP contribution in [-0.4, -0.2) is 44.4 Å². The molecule has 0 aliphatic heterocycles. The van der Waals surface area contributed by atoms with E-state index in [1.165, 1.54) is 24.9 Å². The summed E-state index contributed by atoms with van der Waals surface area (Å²) in [6.45, 7) is 4.20. The molecule has 152 valence electrons. The van der Waals surface area contributed by atoms with Gasteiger partial charge in [-0.1, -0.05) is 23.9 Å². The molecule has 0 bridgehead atoms. The highest BCUT2D eigenvalue weighted by molar-refractivity contribution is 7.99. The zero-order valence-electron chi connectivity index (χ0n) is 16.4. The number of nitrogens with one attached hydrogen (secondary N) is 1. The third-order valence-corrected chi connectivity index (χ3v) is 5.41. The summed E-state index contributed by atoms with van der Waals surface area (Å²) in [6.07, 6.45) is 0.241. The molecule has 0 saturated heterocycles. The van der Waals surface area contributed by atoms with Gasteiger partial charge in [0.05, 0.1) is 24.8 Å². The number of H-pyrrole nitrogens is 1. The number of carbonyl (C=O) groups is 2. The predicted octanol–water partition coefficient (Wildman–Crippen LogP) is 3.57. The van der Waals surface area contributed by atoms with E-state index in [1.807, 2.05) is 24.5 Å². The van der Waals surface area contributed by atoms with Crippen LogP contribution in [0.3, 0.4) is 0 Å². The fourth-order valence-electron chi connectivity index (χ4n) is 3.03. The van der Waals surface area contributed by atoms with Crippen LogP contribution in [0, 0.1) is 19.7 Å². The molecule has 0 atom stereocenters. The average Bonchev–Trinajstić information content (AvgIpc) is 3.29. The molecule has 29 heavy (non-hydrogen) atoms. The van der Waals surface area contributed by atoms with Crippen molar-refractivity contribution in [2.45, 2.75) is 32.0 Å². The van der Waals surface area contributed by atoms with Gasteiger partial charge in [-0.2, -0.15) is 0 Å². The van der Waals surface area contributed by atoms with Crippen LogP contribution < -0.4 is 0 Å². The maximum Gasteiger partial charge on any atom is 0.307 e. The number of benzene rings is 1. The van der Waals surface area contributed by atoms with Crippen molar-refractivity contribution in [3.8, 4) is 11.4 Å². The molecular weight excluding hydrogens is 395 g/mol. The molecule has 3 aromatic rings. The summed E-state index contributed by atoms with van der Waals surface area (Å²) in [7, 11) is 1.35. The molecule has 0 amide bonds. The van der Waals surface area contributed by atoms with Crippen molar-refractivity contribution in [1.82, 2.24) is 19.7 Å². The number of carbonyl (C=O) groups excluding carboxylic acids is 2. The number of esters is 1. The van der Waals surface area contributed by atoms with Gasteiger partial charge in [0.1, 0.15) is 5.82 Å². The lowest BCUT2D eigenvalue weighted by Gasteiger charge is -2.08. The van der Waals surface area contributed by atoms with Crippen LogP contribution in [0.2, 0.25) is 0 Å². The first-order valence-electron chi connectivity index (χ1n) is 8.97. The Balaban J connectivity index is 1.66. The molecule has 0 radical (unpaired) electrons. The number of aryl methyl sites for hydroxylation is 1. The summed E-state index contributed by atoms with van der Waals surface area (Å²) in [5.41, 5.74) is 2.63. The lowest BCUT2D eigenvalue weighted by Crippen LogP contribution is -2.10. The molecule has 0 fully saturated rings. The molecule has 0 aliphatic carbocycles. The van der Waals surface area contributed by atoms with Gasteiger partial charge in [-0.05, 0) is 32.0 Å². The normalized spacial score (nSPS) is 10.9. The molecule has 9 heteroatoms. The number of Topliss-reactive ketones (excluding diaryl/α,β-unsaturated/α-hetero) is 1. The molecule has 0 saturated carbocycles. The molecular formula is C20H21FN4O3S. The van der Waals surface area contributed by atoms with Crippen LogP contribution in [0.15, 0.2) is 35.5 Å². The van der Waals surface area contributed by atoms with Crippen molar-refractivity contribution in [2.75, 3.05) is 12.9 Å². The van der Waals surface area contributed by atoms with E-state index in [4.69, 9.17) is 0 Å². The van der Waals surface area contributed by atoms with Crippen LogP contribution >= 0.6 is 11.8 Å². The van der Waals surface area contributed by atoms with Crippen LogP contribution in [0.5, 0.6) is 0 Å². The Bertz CT molecular complexity index is 1040. The van der Waals surface area contributed by atoms with Crippen molar-refractivity contribution in [1.29, 1.82) is 0 Å². The van der Waals surface area contributed by atoms with Gasteiger partial charge in [-0.25, -0.2) is 9.37 Å². The summed E-state index contributed by atoms with van der Waals surface area (Å²) in [5.74, 6) is -0.286. The molecule has 1 N–H and O–H groups in total. The summed E-state index contributed by atoms with van der Waals surface area (Å²) < 4.78 is 20.5. The molecule has 7 nitrogen and oxygen atoms in total. The van der Waals surface area contributed by atoms with Gasteiger partial charge >= 0.3 is 5.97 Å². The van der Waals surface area contributed by atoms with Crippen LogP contribution in [0.25, 0.3) is 11.4 Å². The maximum absolute atomic E-state index is 13.9. The summed E-state index contributed by atoms with van der Waals surface area (Å²) in [4.78, 5) is 28.3. The first-order chi connectivity index (χ1) is 13.9. The average molecular weight is 416 g/mol. The Morgan fingerprint density at radius 1 is 1.28 bits per heavy atom. The number of aromatic amines is 1. The first kappa shape index (κ1) is 20.8. The minimum Gasteiger partial charge on any atom is -0.469 e. The largest absolute Gasteiger partial charge is 0.469 e. The third-order valence-electron chi connectivity index (χ3n) is 4.57. The van der Waals surface area contributed by atoms with Crippen LogP contribution in [-0.2, 0) is 16.1 Å². The Kier molecular flexibility index (Phi) is 6.48. The van der Waals surface area contributed by atoms with Gasteiger partial charge in [0.15, 0.2) is 11.6 Å². The van der Waals surface area contributed by atoms with Gasteiger partial charge in [0, 0.05) is 23.5 Å². The van der Waals surface area contributed by atoms with Crippen molar-refractivity contribution in [3.05, 3.63) is 53.1 Å². The minimum atomic E-state index is -0.393. The zero-order valence-corrected chi connectivity index (χ0v) is 17.2. The zero-order chi connectivity index (χ0) is 21.0. The maximum atomic E-state index is 13.9. The Hall–Kier alpha value is -2.94. The number of thioether (sulfide) groups is 1. The minimum absolute atomic E-state index is 0.0651. The van der Waals surface area contributed by atoms with E-state index < -0.39 is 5.82 Å². The topological polar surface area (TPSA) is 89.9 Å². The third kappa shape index (κ3) is 4.73. The second-order valence-electron chi connectivity index (χ2n) is 6.42. The highest BCUT2D eigenvalue weighted by Crippen LogP contribution is 2.23. The number of halogens is 1. The van der Waals surface area contributed by atoms with Crippen LogP contribution in [0.1, 0.15) is 28.2 Å². The number of aromatic nitrogens is 4. The molecule has 2 aromatic heterocycles. The summed E-state index contributed by atoms with van der Waals surface area (Å²) in [6, 6.07) is 8.10. The number of rotatable bonds is 8. The van der Waals surface area contributed by atoms with Crippen molar-refractivity contribution >= 4 is 23.5 Å². The smallest absolute Gasteiger partial charge is 0.307 e. The number of ketones is 1. The Labute approximate surface area is 171 Å². The summed E-state index contributed by atoms with van der Waals surface area (Å²) in [5, 5.41) is 7.13. The Morgan fingerprint density at radius 3 is 2.76 bits per heavy atom. The SMILES string of the molecule is COC(=O)CCn1c(C)cc(C(=O)CSc2n[nH]c(-c3ccccc3F)n2)c1C. The fourth-order valence-corrected chi connectivity index (χ4v) is 3.71. The summed E-state index contributed by atoms with van der Waals surface area (Å²) >= 11 is 1.18. The lowest BCUT2D eigenvalue weighted by molar-refractivity contribution is -0.140. The Morgan fingerprint density at radius 2 is 2.03 bits per heavy atom. The van der Waals surface area contributed by atoms with E-state index >= 15 is 0 Å². The number of hydrogen-bond acceptors (Lipinski definition) is 6. The molecule has 0 unspecified atom stereocenters. The fraction of sp³-hybridized carbons (Fsp3) is 0.300. The van der Waals surface area contributed by atoms with E-state index in [2.05, 4.69) is 19.9 Å². The van der Waals surface area contributed by atoms with Gasteiger partial charge in [-0.3, -0.25) is 14.7 Å².